The topological polar surface area (TPSA) is 84.0 Å². The SMILES string of the molecule is [B]c1cc(F)c(Nc2ncnc3cc(OCC4CO[C@@H]5[C@@H](OC)CO[C@H]45)c(OC)cc23)cc1Cl. The van der Waals surface area contributed by atoms with Gasteiger partial charge in [-0.05, 0) is 18.2 Å². The van der Waals surface area contributed by atoms with E-state index >= 15 is 0 Å². The number of halogens is 2. The lowest BCUT2D eigenvalue weighted by Gasteiger charge is -2.18. The van der Waals surface area contributed by atoms with Gasteiger partial charge in [0.1, 0.15) is 38.0 Å². The number of fused-ring (bicyclic) bond motifs is 2. The van der Waals surface area contributed by atoms with E-state index in [9.17, 15) is 4.39 Å². The molecular formula is C23H22BClFN3O5. The molecule has 2 aliphatic heterocycles. The van der Waals surface area contributed by atoms with Crippen LogP contribution < -0.4 is 20.3 Å². The smallest absolute Gasteiger partial charge is 0.163 e. The van der Waals surface area contributed by atoms with Crippen LogP contribution in [0.1, 0.15) is 0 Å². The molecular weight excluding hydrogens is 464 g/mol. The third-order valence-electron chi connectivity index (χ3n) is 6.13. The van der Waals surface area contributed by atoms with Crippen LogP contribution in [0.25, 0.3) is 10.9 Å². The molecule has 0 spiro atoms. The molecule has 8 nitrogen and oxygen atoms in total. The van der Waals surface area contributed by atoms with Crippen molar-refractivity contribution >= 4 is 47.3 Å². The largest absolute Gasteiger partial charge is 0.493 e. The summed E-state index contributed by atoms with van der Waals surface area (Å²) < 4.78 is 43.2. The van der Waals surface area contributed by atoms with E-state index in [0.29, 0.717) is 48.0 Å². The van der Waals surface area contributed by atoms with Gasteiger partial charge in [0.05, 0.1) is 44.2 Å². The maximum Gasteiger partial charge on any atom is 0.163 e. The molecule has 0 amide bonds. The summed E-state index contributed by atoms with van der Waals surface area (Å²) in [5, 5.41) is 3.81. The van der Waals surface area contributed by atoms with Crippen molar-refractivity contribution in [3.63, 3.8) is 0 Å². The van der Waals surface area contributed by atoms with Gasteiger partial charge in [-0.25, -0.2) is 14.4 Å². The van der Waals surface area contributed by atoms with Crippen LogP contribution in [0.3, 0.4) is 0 Å². The van der Waals surface area contributed by atoms with Gasteiger partial charge in [0.2, 0.25) is 0 Å². The van der Waals surface area contributed by atoms with Crippen molar-refractivity contribution in [3.05, 3.63) is 41.4 Å². The summed E-state index contributed by atoms with van der Waals surface area (Å²) in [5.41, 5.74) is 0.882. The Bertz CT molecular complexity index is 1220. The predicted octanol–water partition coefficient (Wildman–Crippen LogP) is 2.78. The second-order valence-corrected chi connectivity index (χ2v) is 8.57. The quantitative estimate of drug-likeness (QED) is 0.512. The minimum Gasteiger partial charge on any atom is -0.493 e. The molecule has 2 saturated heterocycles. The van der Waals surface area contributed by atoms with Crippen LogP contribution in [0, 0.1) is 11.7 Å². The highest BCUT2D eigenvalue weighted by atomic mass is 35.5. The third-order valence-corrected chi connectivity index (χ3v) is 6.45. The van der Waals surface area contributed by atoms with E-state index in [1.807, 2.05) is 0 Å². The van der Waals surface area contributed by atoms with Gasteiger partial charge in [0.25, 0.3) is 0 Å². The Morgan fingerprint density at radius 3 is 2.74 bits per heavy atom. The second kappa shape index (κ2) is 9.54. The zero-order chi connectivity index (χ0) is 23.8. The summed E-state index contributed by atoms with van der Waals surface area (Å²) in [6.45, 7) is 1.41. The highest BCUT2D eigenvalue weighted by molar-refractivity contribution is 6.45. The molecule has 2 fully saturated rings. The molecule has 1 unspecified atom stereocenters. The normalized spacial score (nSPS) is 23.8. The Labute approximate surface area is 202 Å². The first-order valence-corrected chi connectivity index (χ1v) is 11.1. The van der Waals surface area contributed by atoms with Crippen LogP contribution in [0.4, 0.5) is 15.9 Å². The Morgan fingerprint density at radius 2 is 1.94 bits per heavy atom. The van der Waals surface area contributed by atoms with E-state index in [2.05, 4.69) is 15.3 Å². The van der Waals surface area contributed by atoms with Crippen molar-refractivity contribution in [3.8, 4) is 11.5 Å². The third kappa shape index (κ3) is 4.27. The monoisotopic (exact) mass is 485 g/mol. The lowest BCUT2D eigenvalue weighted by molar-refractivity contribution is -0.0104. The standard InChI is InChI=1S/C23H22BClFN3O5/c1-30-18-3-12-16(27-10-28-23(12)29-17-5-14(25)13(24)4-15(17)26)6-19(18)32-7-11-8-33-22-20(31-2)9-34-21(11)22/h3-6,10-11,20-22H,7-9H2,1-2H3,(H,27,28,29)/t11?,20-,21+,22+/m0/s1. The predicted molar refractivity (Wildman–Crippen MR) is 125 cm³/mol. The molecule has 1 N–H and O–H groups in total. The summed E-state index contributed by atoms with van der Waals surface area (Å²) in [6.07, 6.45) is 1.16. The summed E-state index contributed by atoms with van der Waals surface area (Å²) in [4.78, 5) is 8.59. The summed E-state index contributed by atoms with van der Waals surface area (Å²) in [5.74, 6) is 0.894. The number of aromatic nitrogens is 2. The van der Waals surface area contributed by atoms with Crippen LogP contribution in [0.5, 0.6) is 11.5 Å². The number of benzene rings is 2. The molecule has 2 aliphatic rings. The van der Waals surface area contributed by atoms with E-state index in [1.54, 1.807) is 26.4 Å². The second-order valence-electron chi connectivity index (χ2n) is 8.16. The molecule has 0 aliphatic carbocycles. The number of hydrogen-bond acceptors (Lipinski definition) is 8. The number of anilines is 2. The van der Waals surface area contributed by atoms with E-state index in [1.165, 1.54) is 12.4 Å². The Hall–Kier alpha value is -2.66. The minimum absolute atomic E-state index is 0.0615. The van der Waals surface area contributed by atoms with E-state index in [-0.39, 0.29) is 40.4 Å². The highest BCUT2D eigenvalue weighted by Gasteiger charge is 2.48. The molecule has 3 heterocycles. The number of methoxy groups -OCH3 is 2. The summed E-state index contributed by atoms with van der Waals surface area (Å²) >= 11 is 6.05. The summed E-state index contributed by atoms with van der Waals surface area (Å²) in [6, 6.07) is 6.06. The van der Waals surface area contributed by atoms with E-state index < -0.39 is 5.82 Å². The molecule has 4 atom stereocenters. The van der Waals surface area contributed by atoms with Crippen LogP contribution in [0.15, 0.2) is 30.6 Å². The van der Waals surface area contributed by atoms with Crippen molar-refractivity contribution in [1.82, 2.24) is 9.97 Å². The Balaban J connectivity index is 1.38. The minimum atomic E-state index is -0.553. The van der Waals surface area contributed by atoms with Gasteiger partial charge < -0.3 is 29.0 Å². The van der Waals surface area contributed by atoms with Gasteiger partial charge in [0.15, 0.2) is 11.5 Å². The number of nitrogens with zero attached hydrogens (tertiary/aromatic N) is 2. The molecule has 2 aromatic carbocycles. The molecule has 0 saturated carbocycles. The molecule has 5 rings (SSSR count). The lowest BCUT2D eigenvalue weighted by atomic mass is 9.96. The van der Waals surface area contributed by atoms with Crippen molar-refractivity contribution in [2.45, 2.75) is 18.3 Å². The van der Waals surface area contributed by atoms with Gasteiger partial charge in [-0.2, -0.15) is 0 Å². The van der Waals surface area contributed by atoms with Crippen molar-refractivity contribution in [2.75, 3.05) is 39.4 Å². The Kier molecular flexibility index (Phi) is 6.48. The maximum absolute atomic E-state index is 14.4. The maximum atomic E-state index is 14.4. The van der Waals surface area contributed by atoms with Crippen LogP contribution >= 0.6 is 11.6 Å². The van der Waals surface area contributed by atoms with E-state index in [4.69, 9.17) is 43.1 Å². The van der Waals surface area contributed by atoms with Crippen molar-refractivity contribution in [2.24, 2.45) is 5.92 Å². The number of ether oxygens (including phenoxy) is 5. The zero-order valence-corrected chi connectivity index (χ0v) is 19.3. The number of hydrogen-bond donors (Lipinski definition) is 1. The molecule has 3 aromatic rings. The first-order chi connectivity index (χ1) is 16.5. The highest BCUT2D eigenvalue weighted by Crippen LogP contribution is 2.37. The van der Waals surface area contributed by atoms with Crippen molar-refractivity contribution in [1.29, 1.82) is 0 Å². The number of nitrogens with one attached hydrogen (secondary N) is 1. The average Bonchev–Trinajstić information content (AvgIpc) is 3.43. The molecule has 34 heavy (non-hydrogen) atoms. The number of rotatable bonds is 7. The fourth-order valence-electron chi connectivity index (χ4n) is 4.31. The van der Waals surface area contributed by atoms with Gasteiger partial charge >= 0.3 is 0 Å². The lowest BCUT2D eigenvalue weighted by Crippen LogP contribution is -2.32. The fraction of sp³-hybridized carbons (Fsp3) is 0.391. The molecule has 0 bridgehead atoms. The van der Waals surface area contributed by atoms with Crippen LogP contribution in [-0.4, -0.2) is 70.2 Å². The molecule has 2 radical (unpaired) electrons. The molecule has 176 valence electrons. The first kappa shape index (κ1) is 23.1. The molecule has 1 aromatic heterocycles. The van der Waals surface area contributed by atoms with Gasteiger partial charge in [-0.3, -0.25) is 0 Å². The Morgan fingerprint density at radius 1 is 1.12 bits per heavy atom. The average molecular weight is 486 g/mol. The van der Waals surface area contributed by atoms with Gasteiger partial charge in [0, 0.05) is 29.5 Å². The molecule has 11 heteroatoms. The summed E-state index contributed by atoms with van der Waals surface area (Å²) in [7, 11) is 8.87. The fourth-order valence-corrected chi connectivity index (χ4v) is 4.47. The first-order valence-electron chi connectivity index (χ1n) is 10.7. The van der Waals surface area contributed by atoms with Gasteiger partial charge in [-0.1, -0.05) is 17.1 Å². The van der Waals surface area contributed by atoms with Gasteiger partial charge in [-0.15, -0.1) is 0 Å². The van der Waals surface area contributed by atoms with Crippen LogP contribution in [0.2, 0.25) is 5.02 Å². The van der Waals surface area contributed by atoms with E-state index in [0.717, 1.165) is 6.07 Å². The van der Waals surface area contributed by atoms with Crippen molar-refractivity contribution < 1.29 is 28.1 Å². The van der Waals surface area contributed by atoms with Crippen LogP contribution in [-0.2, 0) is 14.2 Å². The zero-order valence-electron chi connectivity index (χ0n) is 18.6.